The van der Waals surface area contributed by atoms with E-state index in [1.54, 1.807) is 0 Å². The molecule has 388 valence electrons. The van der Waals surface area contributed by atoms with E-state index in [1.165, 1.54) is 25.7 Å². The average Bonchev–Trinajstić information content (AvgIpc) is 3.82. The molecule has 2 saturated heterocycles. The van der Waals surface area contributed by atoms with Crippen molar-refractivity contribution in [1.82, 2.24) is 39.6 Å². The molecule has 4 aromatic carbocycles. The molecule has 1 N–H and O–H groups in total. The Morgan fingerprint density at radius 3 is 1.50 bits per heavy atom. The van der Waals surface area contributed by atoms with Crippen LogP contribution in [0.1, 0.15) is 122 Å². The van der Waals surface area contributed by atoms with Crippen LogP contribution < -0.4 is 15.1 Å². The first-order chi connectivity index (χ1) is 35.9. The summed E-state index contributed by atoms with van der Waals surface area (Å²) in [5.74, 6) is 0.409. The van der Waals surface area contributed by atoms with Gasteiger partial charge in [-0.25, -0.2) is 0 Å². The van der Waals surface area contributed by atoms with Crippen LogP contribution in [0, 0.1) is 13.8 Å². The number of hydrogen-bond donors (Lipinski definition) is 1. The molecule has 0 unspecified atom stereocenters. The second-order valence-electron chi connectivity index (χ2n) is 20.6. The van der Waals surface area contributed by atoms with Crippen molar-refractivity contribution < 1.29 is 19.2 Å². The number of nitrogens with one attached hydrogen (secondary N) is 1. The molecule has 14 heteroatoms. The van der Waals surface area contributed by atoms with Gasteiger partial charge in [0.1, 0.15) is 0 Å². The van der Waals surface area contributed by atoms with E-state index >= 15 is 0 Å². The highest BCUT2D eigenvalue weighted by Crippen LogP contribution is 2.34. The molecule has 6 heterocycles. The number of aryl methyl sites for hydroxylation is 6. The zero-order valence-corrected chi connectivity index (χ0v) is 44.2. The third kappa shape index (κ3) is 12.0. The van der Waals surface area contributed by atoms with Gasteiger partial charge in [-0.1, -0.05) is 74.7 Å². The van der Waals surface area contributed by atoms with Crippen LogP contribution in [0.2, 0.25) is 0 Å². The van der Waals surface area contributed by atoms with E-state index in [0.717, 1.165) is 139 Å². The first kappa shape index (κ1) is 52.0. The molecule has 6 aromatic rings. The zero-order chi connectivity index (χ0) is 51.7. The van der Waals surface area contributed by atoms with Crippen molar-refractivity contribution >= 4 is 35.0 Å². The summed E-state index contributed by atoms with van der Waals surface area (Å²) in [6.07, 6.45) is 12.8. The van der Waals surface area contributed by atoms with Crippen molar-refractivity contribution in [3.05, 3.63) is 164 Å². The molecule has 2 fully saturated rings. The molecule has 2 aromatic heterocycles. The molecule has 10 rings (SSSR count). The number of unbranched alkanes of at least 4 members (excludes halogenated alkanes) is 3. The molecule has 0 saturated carbocycles. The number of para-hydroxylation sites is 2. The second-order valence-corrected chi connectivity index (χ2v) is 20.6. The minimum Gasteiger partial charge on any atom is -0.340 e. The maximum atomic E-state index is 13.8. The van der Waals surface area contributed by atoms with Crippen LogP contribution in [0.25, 0.3) is 0 Å². The molecule has 0 bridgehead atoms. The molecule has 0 aliphatic carbocycles. The lowest BCUT2D eigenvalue weighted by atomic mass is 9.99. The molecule has 74 heavy (non-hydrogen) atoms. The number of carbonyl (C=O) groups excluding carboxylic acids is 4. The van der Waals surface area contributed by atoms with E-state index in [1.807, 2.05) is 142 Å². The largest absolute Gasteiger partial charge is 0.340 e. The van der Waals surface area contributed by atoms with Crippen LogP contribution >= 0.6 is 0 Å². The molecule has 4 amide bonds. The third-order valence-corrected chi connectivity index (χ3v) is 15.6. The SMILES string of the molecule is CCCCCCN1CCN(C(=O)CCc2ccc(C(=O)N3Cc4cnn(C)c4Cc4ccccc43)cc2C)CC1.Cc1cc(C(=O)N2Cc3cnn(C)c3Cc3ccccc32)ccc1CCC(=O)N1CCNCC1. The van der Waals surface area contributed by atoms with Gasteiger partial charge in [0.15, 0.2) is 0 Å². The predicted octanol–water partition coefficient (Wildman–Crippen LogP) is 7.98. The van der Waals surface area contributed by atoms with Gasteiger partial charge in [0.25, 0.3) is 11.8 Å². The van der Waals surface area contributed by atoms with E-state index in [0.29, 0.717) is 49.9 Å². The Labute approximate surface area is 437 Å². The number of rotatable bonds is 13. The number of benzene rings is 4. The molecule has 4 aliphatic heterocycles. The lowest BCUT2D eigenvalue weighted by molar-refractivity contribution is -0.133. The molecule has 0 atom stereocenters. The van der Waals surface area contributed by atoms with Crippen molar-refractivity contribution in [3.63, 3.8) is 0 Å². The maximum Gasteiger partial charge on any atom is 0.258 e. The summed E-state index contributed by atoms with van der Waals surface area (Å²) in [7, 11) is 3.91. The summed E-state index contributed by atoms with van der Waals surface area (Å²) in [6.45, 7) is 15.4. The molecular weight excluding hydrogens is 925 g/mol. The van der Waals surface area contributed by atoms with Gasteiger partial charge >= 0.3 is 0 Å². The van der Waals surface area contributed by atoms with Gasteiger partial charge in [0.05, 0.1) is 25.5 Å². The Morgan fingerprint density at radius 2 is 1.03 bits per heavy atom. The van der Waals surface area contributed by atoms with Crippen molar-refractivity contribution in [2.75, 3.05) is 68.7 Å². The number of piperazine rings is 2. The molecular formula is C60H74N10O4. The topological polar surface area (TPSA) is 132 Å². The van der Waals surface area contributed by atoms with Gasteiger partial charge in [0, 0.05) is 137 Å². The monoisotopic (exact) mass is 999 g/mol. The number of carbonyl (C=O) groups is 4. The fourth-order valence-electron chi connectivity index (χ4n) is 11.0. The highest BCUT2D eigenvalue weighted by Gasteiger charge is 2.29. The maximum absolute atomic E-state index is 13.8. The molecule has 14 nitrogen and oxygen atoms in total. The van der Waals surface area contributed by atoms with Crippen molar-refractivity contribution in [3.8, 4) is 0 Å². The number of anilines is 2. The van der Waals surface area contributed by atoms with Gasteiger partial charge in [-0.2, -0.15) is 10.2 Å². The highest BCUT2D eigenvalue weighted by molar-refractivity contribution is 6.07. The smallest absolute Gasteiger partial charge is 0.258 e. The van der Waals surface area contributed by atoms with Gasteiger partial charge in [-0.05, 0) is 109 Å². The molecule has 0 spiro atoms. The Hall–Kier alpha value is -6.90. The van der Waals surface area contributed by atoms with Crippen molar-refractivity contribution in [2.45, 2.75) is 98.1 Å². The number of nitrogens with zero attached hydrogens (tertiary/aromatic N) is 9. The predicted molar refractivity (Wildman–Crippen MR) is 292 cm³/mol. The summed E-state index contributed by atoms with van der Waals surface area (Å²) in [5, 5.41) is 12.1. The summed E-state index contributed by atoms with van der Waals surface area (Å²) in [4.78, 5) is 63.2. The Balaban J connectivity index is 0.000000184. The van der Waals surface area contributed by atoms with E-state index < -0.39 is 0 Å². The summed E-state index contributed by atoms with van der Waals surface area (Å²) in [5.41, 5.74) is 14.3. The first-order valence-corrected chi connectivity index (χ1v) is 26.9. The Kier molecular flexibility index (Phi) is 16.8. The number of fused-ring (bicyclic) bond motifs is 4. The highest BCUT2D eigenvalue weighted by atomic mass is 16.2. The number of amides is 4. The van der Waals surface area contributed by atoms with E-state index in [9.17, 15) is 19.2 Å². The van der Waals surface area contributed by atoms with Crippen LogP contribution in [0.4, 0.5) is 11.4 Å². The van der Waals surface area contributed by atoms with E-state index in [-0.39, 0.29) is 23.6 Å². The minimum atomic E-state index is -0.0179. The van der Waals surface area contributed by atoms with Gasteiger partial charge in [-0.15, -0.1) is 0 Å². The normalized spacial score (nSPS) is 15.5. The van der Waals surface area contributed by atoms with Crippen molar-refractivity contribution in [2.24, 2.45) is 14.1 Å². The fourth-order valence-corrected chi connectivity index (χ4v) is 11.0. The first-order valence-electron chi connectivity index (χ1n) is 26.9. The molecule has 4 aliphatic rings. The summed E-state index contributed by atoms with van der Waals surface area (Å²) < 4.78 is 3.82. The van der Waals surface area contributed by atoms with Gasteiger partial charge in [0.2, 0.25) is 11.8 Å². The number of aromatic nitrogens is 4. The third-order valence-electron chi connectivity index (χ3n) is 15.6. The molecule has 0 radical (unpaired) electrons. The standard InChI is InChI=1S/C33H43N5O2.C27H31N5O2/c1-4-5-6-9-16-36-17-19-37(20-18-36)32(39)15-14-26-12-13-28(21-25(26)2)33(40)38-24-29-23-34-35(3)31(29)22-27-10-7-8-11-30(27)38;1-19-15-22(8-7-20(19)9-10-26(33)31-13-11-28-12-14-31)27(34)32-18-23-17-29-30(2)25(23)16-21-5-3-4-6-24(21)32/h7-8,10-13,21,23H,4-6,9,14-20,22,24H2,1-3H3;3-8,15,17,28H,9-14,16,18H2,1-2H3. The average molecular weight is 999 g/mol. The van der Waals surface area contributed by atoms with Gasteiger partial charge in [-0.3, -0.25) is 33.4 Å². The van der Waals surface area contributed by atoms with Crippen LogP contribution in [0.15, 0.2) is 97.3 Å². The van der Waals surface area contributed by atoms with E-state index in [2.05, 4.69) is 39.5 Å². The quantitative estimate of drug-likeness (QED) is 0.115. The lowest BCUT2D eigenvalue weighted by Gasteiger charge is -2.35. The number of hydrogen-bond acceptors (Lipinski definition) is 8. The lowest BCUT2D eigenvalue weighted by Crippen LogP contribution is -2.48. The van der Waals surface area contributed by atoms with E-state index in [4.69, 9.17) is 0 Å². The van der Waals surface area contributed by atoms with Crippen LogP contribution in [0.3, 0.4) is 0 Å². The Morgan fingerprint density at radius 1 is 0.554 bits per heavy atom. The van der Waals surface area contributed by atoms with Crippen molar-refractivity contribution in [1.29, 1.82) is 0 Å². The van der Waals surface area contributed by atoms with Crippen LogP contribution in [-0.2, 0) is 62.5 Å². The second kappa shape index (κ2) is 24.0. The fraction of sp³-hybridized carbons (Fsp3) is 0.433. The van der Waals surface area contributed by atoms with Gasteiger partial charge < -0.3 is 24.9 Å². The Bertz CT molecular complexity index is 2960. The van der Waals surface area contributed by atoms with Crippen LogP contribution in [0.5, 0.6) is 0 Å². The summed E-state index contributed by atoms with van der Waals surface area (Å²) in [6, 6.07) is 28.1. The van der Waals surface area contributed by atoms with Crippen LogP contribution in [-0.4, -0.2) is 117 Å². The minimum absolute atomic E-state index is 0.0116. The zero-order valence-electron chi connectivity index (χ0n) is 44.2. The summed E-state index contributed by atoms with van der Waals surface area (Å²) >= 11 is 0.